The van der Waals surface area contributed by atoms with Crippen molar-refractivity contribution in [2.45, 2.75) is 49.6 Å². The quantitative estimate of drug-likeness (QED) is 0.618. The Labute approximate surface area is 191 Å². The van der Waals surface area contributed by atoms with Crippen LogP contribution in [-0.2, 0) is 11.8 Å². The topological polar surface area (TPSA) is 88.3 Å². The maximum Gasteiger partial charge on any atom is 0.147 e. The van der Waals surface area contributed by atoms with Crippen LogP contribution < -0.4 is 10.2 Å². The lowest BCUT2D eigenvalue weighted by molar-refractivity contribution is -0.00218. The fourth-order valence-corrected chi connectivity index (χ4v) is 5.35. The molecule has 0 aliphatic carbocycles. The standard InChI is InChI=1S/C24H27FN6O2/c1-30-11-15(8-28-30)14-2-4-18(22(32)6-14)20-9-27-23(10-26-20)31(17-12-33-13-17)21-7-16-3-5-19(29-16)24(21)25/h2,4,6,8-11,16-17,19,21,24,29,32H,3,5,7,12-13H2,1H3/t16?,19?,21-,24+/m0/s1. The van der Waals surface area contributed by atoms with E-state index in [-0.39, 0.29) is 23.9 Å². The molecule has 2 N–H and O–H groups in total. The van der Waals surface area contributed by atoms with Crippen LogP contribution in [0, 0.1) is 0 Å². The first-order valence-electron chi connectivity index (χ1n) is 11.5. The number of ether oxygens (including phenoxy) is 1. The molecular weight excluding hydrogens is 423 g/mol. The molecule has 9 heteroatoms. The van der Waals surface area contributed by atoms with Gasteiger partial charge in [-0.1, -0.05) is 6.07 Å². The molecule has 3 saturated heterocycles. The average Bonchev–Trinajstić information content (AvgIpc) is 3.40. The largest absolute Gasteiger partial charge is 0.507 e. The molecule has 0 spiro atoms. The lowest BCUT2D eigenvalue weighted by Crippen LogP contribution is -2.62. The van der Waals surface area contributed by atoms with E-state index in [1.54, 1.807) is 29.3 Å². The van der Waals surface area contributed by atoms with Crippen LogP contribution in [0.1, 0.15) is 19.3 Å². The van der Waals surface area contributed by atoms with E-state index in [9.17, 15) is 5.11 Å². The smallest absolute Gasteiger partial charge is 0.147 e. The van der Waals surface area contributed by atoms with Crippen molar-refractivity contribution in [3.8, 4) is 28.1 Å². The van der Waals surface area contributed by atoms with Crippen molar-refractivity contribution in [1.82, 2.24) is 25.1 Å². The highest BCUT2D eigenvalue weighted by molar-refractivity contribution is 5.73. The number of alkyl halides is 1. The molecule has 4 atom stereocenters. The van der Waals surface area contributed by atoms with Crippen LogP contribution in [-0.4, -0.2) is 68.4 Å². The van der Waals surface area contributed by atoms with Crippen LogP contribution in [0.15, 0.2) is 43.0 Å². The molecule has 0 saturated carbocycles. The Bertz CT molecular complexity index is 1150. The SMILES string of the molecule is Cn1cc(-c2ccc(-c3cnc(N(C4COC4)[C@H]4CC5CCC(N5)[C@H]4F)cn3)c(O)c2)cn1. The number of phenolic OH excluding ortho intramolecular Hbond substituents is 1. The van der Waals surface area contributed by atoms with Crippen LogP contribution in [0.4, 0.5) is 10.2 Å². The zero-order valence-electron chi connectivity index (χ0n) is 18.4. The Kier molecular flexibility index (Phi) is 5.03. The fourth-order valence-electron chi connectivity index (χ4n) is 5.35. The predicted molar refractivity (Wildman–Crippen MR) is 122 cm³/mol. The van der Waals surface area contributed by atoms with Gasteiger partial charge in [0.15, 0.2) is 0 Å². The van der Waals surface area contributed by atoms with E-state index >= 15 is 4.39 Å². The van der Waals surface area contributed by atoms with Gasteiger partial charge < -0.3 is 20.1 Å². The van der Waals surface area contributed by atoms with Crippen molar-refractivity contribution < 1.29 is 14.2 Å². The molecule has 2 aromatic heterocycles. The molecule has 3 fully saturated rings. The third-order valence-corrected chi connectivity index (χ3v) is 7.14. The molecule has 6 rings (SSSR count). The van der Waals surface area contributed by atoms with Gasteiger partial charge in [-0.25, -0.2) is 9.37 Å². The number of aromatic hydroxyl groups is 1. The van der Waals surface area contributed by atoms with E-state index in [0.717, 1.165) is 30.4 Å². The van der Waals surface area contributed by atoms with Crippen LogP contribution >= 0.6 is 0 Å². The molecule has 8 nitrogen and oxygen atoms in total. The molecule has 2 bridgehead atoms. The number of halogens is 1. The van der Waals surface area contributed by atoms with Crippen molar-refractivity contribution in [2.24, 2.45) is 7.05 Å². The van der Waals surface area contributed by atoms with Gasteiger partial charge in [0, 0.05) is 36.5 Å². The lowest BCUT2D eigenvalue weighted by atomic mass is 9.94. The number of rotatable bonds is 5. The van der Waals surface area contributed by atoms with Crippen LogP contribution in [0.5, 0.6) is 5.75 Å². The number of fused-ring (bicyclic) bond motifs is 2. The second-order valence-electron chi connectivity index (χ2n) is 9.29. The van der Waals surface area contributed by atoms with Gasteiger partial charge >= 0.3 is 0 Å². The van der Waals surface area contributed by atoms with E-state index in [4.69, 9.17) is 4.74 Å². The second kappa shape index (κ2) is 8.07. The highest BCUT2D eigenvalue weighted by Crippen LogP contribution is 2.37. The van der Waals surface area contributed by atoms with E-state index in [0.29, 0.717) is 36.3 Å². The highest BCUT2D eigenvalue weighted by atomic mass is 19.1. The van der Waals surface area contributed by atoms with Gasteiger partial charge in [0.25, 0.3) is 0 Å². The summed E-state index contributed by atoms with van der Waals surface area (Å²) in [4.78, 5) is 11.3. The number of anilines is 1. The lowest BCUT2D eigenvalue weighted by Gasteiger charge is -2.47. The summed E-state index contributed by atoms with van der Waals surface area (Å²) in [6.45, 7) is 1.15. The van der Waals surface area contributed by atoms with E-state index in [1.165, 1.54) is 0 Å². The van der Waals surface area contributed by atoms with Gasteiger partial charge in [-0.3, -0.25) is 9.67 Å². The van der Waals surface area contributed by atoms with E-state index in [2.05, 4.69) is 25.3 Å². The molecule has 33 heavy (non-hydrogen) atoms. The molecular formula is C24H27FN6O2. The number of nitrogens with one attached hydrogen (secondary N) is 1. The summed E-state index contributed by atoms with van der Waals surface area (Å²) in [6.07, 6.45) is 8.72. The Balaban J connectivity index is 1.27. The maximum atomic E-state index is 15.3. The summed E-state index contributed by atoms with van der Waals surface area (Å²) in [6, 6.07) is 5.62. The number of benzene rings is 1. The van der Waals surface area contributed by atoms with Crippen molar-refractivity contribution in [3.63, 3.8) is 0 Å². The fraction of sp³-hybridized carbons (Fsp3) is 0.458. The van der Waals surface area contributed by atoms with Crippen LogP contribution in [0.3, 0.4) is 0 Å². The number of hydrogen-bond acceptors (Lipinski definition) is 7. The first-order valence-corrected chi connectivity index (χ1v) is 11.5. The molecule has 0 radical (unpaired) electrons. The molecule has 0 amide bonds. The Morgan fingerprint density at radius 3 is 2.70 bits per heavy atom. The number of phenols is 1. The van der Waals surface area contributed by atoms with Crippen molar-refractivity contribution in [1.29, 1.82) is 0 Å². The van der Waals surface area contributed by atoms with Crippen molar-refractivity contribution >= 4 is 5.82 Å². The molecule has 3 aliphatic heterocycles. The first kappa shape index (κ1) is 20.6. The summed E-state index contributed by atoms with van der Waals surface area (Å²) in [5, 5.41) is 18.2. The summed E-state index contributed by atoms with van der Waals surface area (Å²) in [5.41, 5.74) is 2.97. The van der Waals surface area contributed by atoms with Crippen molar-refractivity contribution in [2.75, 3.05) is 18.1 Å². The van der Waals surface area contributed by atoms with Gasteiger partial charge in [0.2, 0.25) is 0 Å². The molecule has 3 aliphatic rings. The minimum absolute atomic E-state index is 0.0836. The van der Waals surface area contributed by atoms with Gasteiger partial charge in [0.05, 0.1) is 49.6 Å². The zero-order valence-corrected chi connectivity index (χ0v) is 18.4. The number of piperidine rings is 1. The monoisotopic (exact) mass is 450 g/mol. The molecule has 3 aromatic rings. The average molecular weight is 451 g/mol. The summed E-state index contributed by atoms with van der Waals surface area (Å²) < 4.78 is 22.5. The Hall–Kier alpha value is -3.04. The number of nitrogens with zero attached hydrogens (tertiary/aromatic N) is 5. The van der Waals surface area contributed by atoms with Gasteiger partial charge in [-0.05, 0) is 37.0 Å². The highest BCUT2D eigenvalue weighted by Gasteiger charge is 2.47. The van der Waals surface area contributed by atoms with Crippen LogP contribution in [0.25, 0.3) is 22.4 Å². The van der Waals surface area contributed by atoms with Crippen molar-refractivity contribution in [3.05, 3.63) is 43.0 Å². The van der Waals surface area contributed by atoms with Gasteiger partial charge in [0.1, 0.15) is 17.7 Å². The summed E-state index contributed by atoms with van der Waals surface area (Å²) >= 11 is 0. The minimum Gasteiger partial charge on any atom is -0.507 e. The predicted octanol–water partition coefficient (Wildman–Crippen LogP) is 2.69. The normalized spacial score (nSPS) is 26.8. The van der Waals surface area contributed by atoms with E-state index in [1.807, 2.05) is 25.4 Å². The third kappa shape index (κ3) is 3.65. The molecule has 172 valence electrons. The molecule has 1 aromatic carbocycles. The minimum atomic E-state index is -0.949. The Morgan fingerprint density at radius 2 is 2.03 bits per heavy atom. The summed E-state index contributed by atoms with van der Waals surface area (Å²) in [5.74, 6) is 0.786. The molecule has 2 unspecified atom stereocenters. The molecule has 5 heterocycles. The maximum absolute atomic E-state index is 15.3. The van der Waals surface area contributed by atoms with Gasteiger partial charge in [-0.2, -0.15) is 5.10 Å². The number of hydrogen-bond donors (Lipinski definition) is 2. The first-order chi connectivity index (χ1) is 16.1. The number of aryl methyl sites for hydroxylation is 1. The Morgan fingerprint density at radius 1 is 1.15 bits per heavy atom. The van der Waals surface area contributed by atoms with Gasteiger partial charge in [-0.15, -0.1) is 0 Å². The number of aromatic nitrogens is 4. The van der Waals surface area contributed by atoms with E-state index < -0.39 is 6.17 Å². The van der Waals surface area contributed by atoms with Crippen LogP contribution in [0.2, 0.25) is 0 Å². The third-order valence-electron chi connectivity index (χ3n) is 7.14. The zero-order chi connectivity index (χ0) is 22.5. The summed E-state index contributed by atoms with van der Waals surface area (Å²) in [7, 11) is 1.85. The second-order valence-corrected chi connectivity index (χ2v) is 9.29.